The van der Waals surface area contributed by atoms with E-state index in [1.165, 1.54) is 5.56 Å². The molecule has 0 aliphatic carbocycles. The van der Waals surface area contributed by atoms with Crippen molar-refractivity contribution in [3.8, 4) is 0 Å². The Morgan fingerprint density at radius 1 is 1.24 bits per heavy atom. The Labute approximate surface area is 138 Å². The number of hydrogen-bond acceptors (Lipinski definition) is 1. The quantitative estimate of drug-likeness (QED) is 0.721. The van der Waals surface area contributed by atoms with Crippen LogP contribution in [-0.2, 0) is 6.42 Å². The van der Waals surface area contributed by atoms with Gasteiger partial charge in [0.25, 0.3) is 5.91 Å². The van der Waals surface area contributed by atoms with Crippen LogP contribution in [-0.4, -0.2) is 11.2 Å². The molecule has 0 aliphatic rings. The van der Waals surface area contributed by atoms with E-state index in [1.54, 1.807) is 12.1 Å². The maximum Gasteiger partial charge on any atom is 0.255 e. The summed E-state index contributed by atoms with van der Waals surface area (Å²) in [6.45, 7) is 1.90. The molecule has 0 radical (unpaired) electrons. The summed E-state index contributed by atoms with van der Waals surface area (Å²) < 4.78 is 0. The summed E-state index contributed by atoms with van der Waals surface area (Å²) in [4.78, 5) is 12.3. The molecule has 0 bridgehead atoms. The predicted molar refractivity (Wildman–Crippen MR) is 92.7 cm³/mol. The zero-order chi connectivity index (χ0) is 15.2. The molecule has 21 heavy (non-hydrogen) atoms. The fraction of sp³-hybridized carbons (Fsp3) is 0.235. The van der Waals surface area contributed by atoms with Gasteiger partial charge in [0.2, 0.25) is 0 Å². The van der Waals surface area contributed by atoms with Crippen molar-refractivity contribution >= 4 is 39.1 Å². The van der Waals surface area contributed by atoms with Crippen LogP contribution in [0.25, 0.3) is 0 Å². The van der Waals surface area contributed by atoms with E-state index in [0.717, 1.165) is 29.4 Å². The highest BCUT2D eigenvalue weighted by atomic mass is 79.9. The first-order chi connectivity index (χ1) is 10.1. The fourth-order valence-electron chi connectivity index (χ4n) is 2.11. The van der Waals surface area contributed by atoms with E-state index in [1.807, 2.05) is 31.2 Å². The lowest BCUT2D eigenvalue weighted by Crippen LogP contribution is -2.13. The first-order valence-corrected chi connectivity index (χ1v) is 8.32. The van der Waals surface area contributed by atoms with Crippen molar-refractivity contribution in [2.45, 2.75) is 19.8 Å². The first kappa shape index (κ1) is 16.1. The normalized spacial score (nSPS) is 10.4. The number of benzene rings is 2. The second-order valence-electron chi connectivity index (χ2n) is 4.91. The lowest BCUT2D eigenvalue weighted by molar-refractivity contribution is 0.102. The van der Waals surface area contributed by atoms with Crippen molar-refractivity contribution in [2.75, 3.05) is 10.6 Å². The van der Waals surface area contributed by atoms with Gasteiger partial charge in [0.1, 0.15) is 0 Å². The predicted octanol–water partition coefficient (Wildman–Crippen LogP) is 5.23. The SMILES string of the molecule is Cc1ccc(Cl)cc1C(=O)Nc1cccc(CCCBr)c1. The number of nitrogens with one attached hydrogen (secondary N) is 1. The highest BCUT2D eigenvalue weighted by Crippen LogP contribution is 2.18. The van der Waals surface area contributed by atoms with Crippen LogP contribution >= 0.6 is 27.5 Å². The molecule has 0 aromatic heterocycles. The summed E-state index contributed by atoms with van der Waals surface area (Å²) in [5.41, 5.74) is 3.54. The van der Waals surface area contributed by atoms with Gasteiger partial charge in [-0.1, -0.05) is 45.7 Å². The smallest absolute Gasteiger partial charge is 0.255 e. The van der Waals surface area contributed by atoms with Gasteiger partial charge in [-0.2, -0.15) is 0 Å². The number of halogens is 2. The Morgan fingerprint density at radius 2 is 2.05 bits per heavy atom. The highest BCUT2D eigenvalue weighted by Gasteiger charge is 2.10. The molecule has 2 nitrogen and oxygen atoms in total. The van der Waals surface area contributed by atoms with Crippen LogP contribution in [0.2, 0.25) is 5.02 Å². The number of amides is 1. The Morgan fingerprint density at radius 3 is 2.81 bits per heavy atom. The van der Waals surface area contributed by atoms with E-state index in [-0.39, 0.29) is 5.91 Å². The summed E-state index contributed by atoms with van der Waals surface area (Å²) in [5, 5.41) is 4.48. The molecule has 0 unspecified atom stereocenters. The Bertz CT molecular complexity index is 642. The third kappa shape index (κ3) is 4.58. The summed E-state index contributed by atoms with van der Waals surface area (Å²) >= 11 is 9.39. The molecular weight excluding hydrogens is 350 g/mol. The van der Waals surface area contributed by atoms with E-state index in [0.29, 0.717) is 10.6 Å². The van der Waals surface area contributed by atoms with Gasteiger partial charge in [0.05, 0.1) is 0 Å². The molecule has 0 saturated heterocycles. The zero-order valence-electron chi connectivity index (χ0n) is 11.8. The number of aryl methyl sites for hydroxylation is 2. The molecule has 2 aromatic rings. The van der Waals surface area contributed by atoms with Gasteiger partial charge in [-0.3, -0.25) is 4.79 Å². The van der Waals surface area contributed by atoms with Gasteiger partial charge in [0.15, 0.2) is 0 Å². The van der Waals surface area contributed by atoms with Crippen LogP contribution < -0.4 is 5.32 Å². The standard InChI is InChI=1S/C17H17BrClNO/c1-12-7-8-14(19)11-16(12)17(21)20-15-6-2-4-13(10-15)5-3-9-18/h2,4,6-8,10-11H,3,5,9H2,1H3,(H,20,21). The number of anilines is 1. The maximum atomic E-state index is 12.3. The second kappa shape index (κ2) is 7.62. The topological polar surface area (TPSA) is 29.1 Å². The molecule has 0 fully saturated rings. The maximum absolute atomic E-state index is 12.3. The van der Waals surface area contributed by atoms with Crippen molar-refractivity contribution in [1.82, 2.24) is 0 Å². The average molecular weight is 367 g/mol. The fourth-order valence-corrected chi connectivity index (χ4v) is 2.57. The average Bonchev–Trinajstić information content (AvgIpc) is 2.48. The molecule has 2 rings (SSSR count). The lowest BCUT2D eigenvalue weighted by Gasteiger charge is -2.09. The molecule has 110 valence electrons. The van der Waals surface area contributed by atoms with Gasteiger partial charge in [0, 0.05) is 21.6 Å². The van der Waals surface area contributed by atoms with Gasteiger partial charge in [-0.05, 0) is 55.2 Å². The molecular formula is C17H17BrClNO. The molecule has 0 aliphatic heterocycles. The molecule has 1 N–H and O–H groups in total. The van der Waals surface area contributed by atoms with Crippen LogP contribution in [0, 0.1) is 6.92 Å². The monoisotopic (exact) mass is 365 g/mol. The van der Waals surface area contributed by atoms with Gasteiger partial charge in [-0.25, -0.2) is 0 Å². The highest BCUT2D eigenvalue weighted by molar-refractivity contribution is 9.09. The van der Waals surface area contributed by atoms with E-state index in [9.17, 15) is 4.79 Å². The van der Waals surface area contributed by atoms with Gasteiger partial charge < -0.3 is 5.32 Å². The summed E-state index contributed by atoms with van der Waals surface area (Å²) in [5.74, 6) is -0.132. The summed E-state index contributed by atoms with van der Waals surface area (Å²) in [6.07, 6.45) is 2.07. The van der Waals surface area contributed by atoms with E-state index >= 15 is 0 Å². The third-order valence-electron chi connectivity index (χ3n) is 3.23. The summed E-state index contributed by atoms with van der Waals surface area (Å²) in [7, 11) is 0. The molecule has 0 spiro atoms. The van der Waals surface area contributed by atoms with Gasteiger partial charge in [-0.15, -0.1) is 0 Å². The third-order valence-corrected chi connectivity index (χ3v) is 4.02. The lowest BCUT2D eigenvalue weighted by atomic mass is 10.1. The largest absolute Gasteiger partial charge is 0.322 e. The van der Waals surface area contributed by atoms with Crippen LogP contribution in [0.1, 0.15) is 27.9 Å². The molecule has 0 saturated carbocycles. The van der Waals surface area contributed by atoms with E-state index in [2.05, 4.69) is 27.3 Å². The Balaban J connectivity index is 2.14. The van der Waals surface area contributed by atoms with E-state index < -0.39 is 0 Å². The minimum absolute atomic E-state index is 0.132. The minimum Gasteiger partial charge on any atom is -0.322 e. The molecule has 0 atom stereocenters. The van der Waals surface area contributed by atoms with Crippen molar-refractivity contribution < 1.29 is 4.79 Å². The van der Waals surface area contributed by atoms with Gasteiger partial charge >= 0.3 is 0 Å². The number of carbonyl (C=O) groups excluding carboxylic acids is 1. The Kier molecular flexibility index (Phi) is 5.83. The zero-order valence-corrected chi connectivity index (χ0v) is 14.2. The van der Waals surface area contributed by atoms with Crippen molar-refractivity contribution in [3.63, 3.8) is 0 Å². The molecule has 1 amide bonds. The second-order valence-corrected chi connectivity index (χ2v) is 6.14. The number of hydrogen-bond donors (Lipinski definition) is 1. The molecule has 4 heteroatoms. The number of rotatable bonds is 5. The van der Waals surface area contributed by atoms with Crippen LogP contribution in [0.5, 0.6) is 0 Å². The first-order valence-electron chi connectivity index (χ1n) is 6.82. The van der Waals surface area contributed by atoms with Crippen molar-refractivity contribution in [2.24, 2.45) is 0 Å². The van der Waals surface area contributed by atoms with Crippen molar-refractivity contribution in [3.05, 3.63) is 64.2 Å². The van der Waals surface area contributed by atoms with E-state index in [4.69, 9.17) is 11.6 Å². The van der Waals surface area contributed by atoms with Crippen molar-refractivity contribution in [1.29, 1.82) is 0 Å². The summed E-state index contributed by atoms with van der Waals surface area (Å²) in [6, 6.07) is 13.3. The van der Waals surface area contributed by atoms with Crippen LogP contribution in [0.4, 0.5) is 5.69 Å². The Hall–Kier alpha value is -1.32. The minimum atomic E-state index is -0.132. The van der Waals surface area contributed by atoms with Crippen LogP contribution in [0.15, 0.2) is 42.5 Å². The number of alkyl halides is 1. The van der Waals surface area contributed by atoms with Crippen LogP contribution in [0.3, 0.4) is 0 Å². The molecule has 0 heterocycles. The number of carbonyl (C=O) groups is 1. The molecule has 2 aromatic carbocycles.